The zero-order valence-electron chi connectivity index (χ0n) is 29.5. The van der Waals surface area contributed by atoms with Gasteiger partial charge in [0.1, 0.15) is 12.8 Å². The van der Waals surface area contributed by atoms with E-state index < -0.39 is 0 Å². The number of rotatable bonds is 5. The maximum Gasteiger partial charge on any atom is 2.00 e. The molecule has 0 N–H and O–H groups in total. The summed E-state index contributed by atoms with van der Waals surface area (Å²) in [4.78, 5) is 7.81. The van der Waals surface area contributed by atoms with Gasteiger partial charge in [-0.1, -0.05) is 47.0 Å². The van der Waals surface area contributed by atoms with E-state index in [1.54, 1.807) is 0 Å². The number of anilines is 2. The summed E-state index contributed by atoms with van der Waals surface area (Å²) in [5.41, 5.74) is 11.6. The first-order chi connectivity index (χ1) is 20.3. The molecule has 0 bridgehead atoms. The Bertz CT molecular complexity index is 1380. The van der Waals surface area contributed by atoms with E-state index in [4.69, 9.17) is 11.0 Å². The number of likely N-dealkylation sites (N-methyl/N-ethyl adjacent to an activating group) is 1. The molecule has 5 nitrogen and oxygen atoms in total. The fraction of sp³-hybridized carbons (Fsp3) is 0.474. The summed E-state index contributed by atoms with van der Waals surface area (Å²) >= 11 is 0. The van der Waals surface area contributed by atoms with Crippen molar-refractivity contribution in [2.75, 3.05) is 56.1 Å². The predicted octanol–water partition coefficient (Wildman–Crippen LogP) is 1.08. The second-order valence-electron chi connectivity index (χ2n) is 13.3. The van der Waals surface area contributed by atoms with Crippen LogP contribution in [0.2, 0.25) is 0 Å². The second-order valence-corrected chi connectivity index (χ2v) is 13.3. The molecule has 1 aliphatic carbocycles. The summed E-state index contributed by atoms with van der Waals surface area (Å²) in [7, 11) is 2.41. The monoisotopic (exact) mass is 754 g/mol. The summed E-state index contributed by atoms with van der Waals surface area (Å²) in [6.07, 6.45) is 8.05. The average Bonchev–Trinajstić information content (AvgIpc) is 3.33. The summed E-state index contributed by atoms with van der Waals surface area (Å²) in [5.74, 6) is 0.766. The van der Waals surface area contributed by atoms with Crippen molar-refractivity contribution in [1.29, 1.82) is 0 Å². The Balaban J connectivity index is 0.000000647. The molecule has 1 atom stereocenters. The number of hydrogen-bond donors (Lipinski definition) is 0. The molecule has 3 aliphatic rings. The van der Waals surface area contributed by atoms with Gasteiger partial charge in [-0.3, -0.25) is 4.90 Å². The number of nitrogens with zero attached hydrogens (tertiary/aromatic N) is 4. The molecule has 2 aromatic rings. The molecule has 8 heteroatoms. The third-order valence-electron chi connectivity index (χ3n) is 9.08. The van der Waals surface area contributed by atoms with E-state index in [-0.39, 0.29) is 50.4 Å². The van der Waals surface area contributed by atoms with E-state index in [2.05, 4.69) is 101 Å². The van der Waals surface area contributed by atoms with Crippen molar-refractivity contribution in [3.05, 3.63) is 101 Å². The van der Waals surface area contributed by atoms with Crippen LogP contribution >= 0.6 is 0 Å². The van der Waals surface area contributed by atoms with Crippen LogP contribution in [0.5, 0.6) is 0 Å². The largest absolute Gasteiger partial charge is 2.00 e. The molecule has 0 saturated carbocycles. The van der Waals surface area contributed by atoms with E-state index in [1.807, 2.05) is 38.2 Å². The van der Waals surface area contributed by atoms with Crippen LogP contribution in [0.3, 0.4) is 0 Å². The first kappa shape index (κ1) is 42.1. The Hall–Kier alpha value is -1.95. The van der Waals surface area contributed by atoms with Gasteiger partial charge in [0.25, 0.3) is 6.10 Å². The third-order valence-corrected chi connectivity index (χ3v) is 9.08. The summed E-state index contributed by atoms with van der Waals surface area (Å²) in [5, 5.41) is 0. The van der Waals surface area contributed by atoms with Crippen LogP contribution < -0.4 is 34.6 Å². The van der Waals surface area contributed by atoms with Crippen molar-refractivity contribution < 1.29 is 53.2 Å². The minimum Gasteiger partial charge on any atom is -1.00 e. The molecule has 2 aliphatic heterocycles. The Morgan fingerprint density at radius 2 is 1.30 bits per heavy atom. The van der Waals surface area contributed by atoms with Crippen molar-refractivity contribution in [3.8, 4) is 0 Å². The van der Waals surface area contributed by atoms with Gasteiger partial charge >= 0.3 is 19.5 Å². The number of carbonyl (C=O) groups excluding carboxylic acids is 1. The Kier molecular flexibility index (Phi) is 16.5. The number of halogens is 2. The molecular weight excluding hydrogens is 700 g/mol. The van der Waals surface area contributed by atoms with Gasteiger partial charge < -0.3 is 43.5 Å². The van der Waals surface area contributed by atoms with Crippen LogP contribution in [-0.4, -0.2) is 73.8 Å². The van der Waals surface area contributed by atoms with Crippen molar-refractivity contribution in [2.45, 2.75) is 74.6 Å². The molecule has 0 amide bonds. The fourth-order valence-corrected chi connectivity index (χ4v) is 6.81. The zero-order chi connectivity index (χ0) is 31.5. The molecule has 0 spiro atoms. The number of ketones is 1. The number of benzene rings is 2. The number of quaternary nitrogens is 1. The van der Waals surface area contributed by atoms with Crippen molar-refractivity contribution in [2.24, 2.45) is 0 Å². The van der Waals surface area contributed by atoms with E-state index in [0.717, 1.165) is 25.4 Å². The molecule has 2 aromatic carbocycles. The molecule has 46 heavy (non-hydrogen) atoms. The number of piperazine rings is 1. The third kappa shape index (κ3) is 10.0. The molecule has 5 rings (SSSR count). The molecule has 2 saturated heterocycles. The fourth-order valence-electron chi connectivity index (χ4n) is 6.81. The van der Waals surface area contributed by atoms with Gasteiger partial charge in [-0.25, -0.2) is 6.58 Å². The maximum atomic E-state index is 5.64. The molecule has 1 radical (unpaired) electrons. The molecular formula is C38H54Cl2N4ORu+. The minimum absolute atomic E-state index is 0. The molecule has 2 fully saturated rings. The molecule has 2 heterocycles. The molecule has 1 unspecified atom stereocenters. The van der Waals surface area contributed by atoms with E-state index >= 15 is 0 Å². The van der Waals surface area contributed by atoms with Gasteiger partial charge in [-0.2, -0.15) is 6.08 Å². The minimum atomic E-state index is 0. The van der Waals surface area contributed by atoms with Crippen molar-refractivity contribution in [3.63, 3.8) is 0 Å². The normalized spacial score (nSPS) is 19.8. The SMILES string of the molecule is CC[N+]1(C)CCN(C2CN(c3c(C)cc(C)cc3C)[CH]N2c2c(C)cc(C)cc2C)CC1.[CH-]=C1C=CC=CC1=[O+]C(C)C.[Cl-].[Cl-].[Ru+2]. The van der Waals surface area contributed by atoms with Crippen LogP contribution in [0.1, 0.15) is 54.2 Å². The van der Waals surface area contributed by atoms with Crippen LogP contribution in [0, 0.1) is 54.8 Å². The van der Waals surface area contributed by atoms with E-state index in [1.165, 1.54) is 68.9 Å². The average molecular weight is 755 g/mol. The smallest absolute Gasteiger partial charge is 1.00 e. The van der Waals surface area contributed by atoms with Gasteiger partial charge in [-0.15, -0.1) is 6.08 Å². The van der Waals surface area contributed by atoms with Crippen LogP contribution in [0.15, 0.2) is 54.1 Å². The van der Waals surface area contributed by atoms with Crippen LogP contribution in [0.4, 0.5) is 11.4 Å². The van der Waals surface area contributed by atoms with Crippen LogP contribution in [-0.2, 0) is 23.9 Å². The zero-order valence-corrected chi connectivity index (χ0v) is 32.7. The summed E-state index contributed by atoms with van der Waals surface area (Å²) in [6, 6.07) is 9.31. The van der Waals surface area contributed by atoms with E-state index in [0.29, 0.717) is 11.7 Å². The Morgan fingerprint density at radius 3 is 1.76 bits per heavy atom. The summed E-state index contributed by atoms with van der Waals surface area (Å²) < 4.78 is 6.61. The maximum absolute atomic E-state index is 5.64. The standard InChI is InChI=1S/C28H42N4.C10H12O.2ClH.Ru/c1-9-32(8)12-10-29(11-13-32)26-18-30(27-22(4)14-20(2)15-23(27)5)19-31(26)28-24(6)16-21(3)17-25(28)7;1-8(2)11-10-7-5-4-6-9(10)3;;;/h14-17,19,26H,9-13,18H2,1-8H3;3-8H,1-2H3;2*1H;/q+1;;;;+2/p-2. The Morgan fingerprint density at radius 1 is 0.826 bits per heavy atom. The van der Waals surface area contributed by atoms with Gasteiger partial charge in [0.05, 0.1) is 33.2 Å². The number of hydrogen-bond acceptors (Lipinski definition) is 3. The van der Waals surface area contributed by atoms with Crippen LogP contribution in [0.25, 0.3) is 0 Å². The quantitative estimate of drug-likeness (QED) is 0.150. The number of aryl methyl sites for hydroxylation is 6. The predicted molar refractivity (Wildman–Crippen MR) is 183 cm³/mol. The summed E-state index contributed by atoms with van der Waals surface area (Å²) in [6.45, 7) is 34.8. The van der Waals surface area contributed by atoms with E-state index in [9.17, 15) is 0 Å². The second kappa shape index (κ2) is 18.0. The van der Waals surface area contributed by atoms with Gasteiger partial charge in [-0.05, 0) is 76.8 Å². The van der Waals surface area contributed by atoms with Crippen molar-refractivity contribution in [1.82, 2.24) is 4.90 Å². The van der Waals surface area contributed by atoms with Crippen molar-refractivity contribution >= 4 is 17.2 Å². The number of allylic oxidation sites excluding steroid dienone is 5. The van der Waals surface area contributed by atoms with Gasteiger partial charge in [0, 0.05) is 38.3 Å². The molecule has 0 aromatic heterocycles. The molecule has 253 valence electrons. The van der Waals surface area contributed by atoms with Gasteiger partial charge in [0.15, 0.2) is 0 Å². The first-order valence-corrected chi connectivity index (χ1v) is 16.0. The topological polar surface area (TPSA) is 21.0 Å². The Labute approximate surface area is 305 Å². The first-order valence-electron chi connectivity index (χ1n) is 16.0. The van der Waals surface area contributed by atoms with Gasteiger partial charge in [0.2, 0.25) is 5.78 Å².